The molecule has 0 aliphatic carbocycles. The molecule has 0 radical (unpaired) electrons. The van der Waals surface area contributed by atoms with Gasteiger partial charge in [-0.2, -0.15) is 0 Å². The van der Waals surface area contributed by atoms with E-state index in [0.29, 0.717) is 11.8 Å². The van der Waals surface area contributed by atoms with Gasteiger partial charge in [-0.25, -0.2) is 4.39 Å². The van der Waals surface area contributed by atoms with Crippen molar-refractivity contribution in [3.05, 3.63) is 35.6 Å². The Hall–Kier alpha value is -0.850. The average Bonchev–Trinajstić information content (AvgIpc) is 2.15. The molecule has 0 aromatic heterocycles. The van der Waals surface area contributed by atoms with E-state index in [2.05, 4.69) is 20.8 Å². The molecule has 1 atom stereocenters. The molecule has 1 rings (SSSR count). The summed E-state index contributed by atoms with van der Waals surface area (Å²) in [7, 11) is 0. The Morgan fingerprint density at radius 2 is 1.71 bits per heavy atom. The van der Waals surface area contributed by atoms with Crippen molar-refractivity contribution in [2.75, 3.05) is 0 Å². The average molecular weight is 194 g/mol. The van der Waals surface area contributed by atoms with Gasteiger partial charge in [0, 0.05) is 0 Å². The van der Waals surface area contributed by atoms with Gasteiger partial charge in [0.05, 0.1) is 0 Å². The van der Waals surface area contributed by atoms with Gasteiger partial charge in [0.25, 0.3) is 0 Å². The maximum absolute atomic E-state index is 13.4. The zero-order chi connectivity index (χ0) is 10.6. The van der Waals surface area contributed by atoms with Crippen molar-refractivity contribution in [2.45, 2.75) is 39.5 Å². The van der Waals surface area contributed by atoms with Crippen LogP contribution in [0.2, 0.25) is 0 Å². The fourth-order valence-corrected chi connectivity index (χ4v) is 1.61. The van der Waals surface area contributed by atoms with Crippen molar-refractivity contribution in [1.82, 2.24) is 0 Å². The topological polar surface area (TPSA) is 0 Å². The smallest absolute Gasteiger partial charge is 0.126 e. The Morgan fingerprint density at radius 3 is 2.29 bits per heavy atom. The number of hydrogen-bond acceptors (Lipinski definition) is 0. The number of rotatable bonds is 4. The minimum absolute atomic E-state index is 0.0660. The molecular formula is C13H19F. The largest absolute Gasteiger partial charge is 0.207 e. The van der Waals surface area contributed by atoms with Crippen LogP contribution in [0.15, 0.2) is 24.3 Å². The highest BCUT2D eigenvalue weighted by atomic mass is 19.1. The minimum atomic E-state index is -0.0660. The van der Waals surface area contributed by atoms with E-state index >= 15 is 0 Å². The van der Waals surface area contributed by atoms with Crippen LogP contribution in [0.25, 0.3) is 0 Å². The van der Waals surface area contributed by atoms with Gasteiger partial charge in [-0.1, -0.05) is 45.4 Å². The maximum Gasteiger partial charge on any atom is 0.126 e. The highest BCUT2D eigenvalue weighted by Crippen LogP contribution is 2.24. The molecule has 0 saturated carbocycles. The molecule has 1 heteroatoms. The number of halogens is 1. The van der Waals surface area contributed by atoms with E-state index in [1.807, 2.05) is 12.1 Å². The normalized spacial score (nSPS) is 13.2. The second-order valence-corrected chi connectivity index (χ2v) is 4.39. The third kappa shape index (κ3) is 3.13. The zero-order valence-electron chi connectivity index (χ0n) is 9.26. The Labute approximate surface area is 86.2 Å². The molecule has 1 aromatic rings. The second-order valence-electron chi connectivity index (χ2n) is 4.39. The summed E-state index contributed by atoms with van der Waals surface area (Å²) in [5.74, 6) is 0.964. The lowest BCUT2D eigenvalue weighted by Gasteiger charge is -2.13. The van der Waals surface area contributed by atoms with Crippen LogP contribution in [0.3, 0.4) is 0 Å². The quantitative estimate of drug-likeness (QED) is 0.667. The maximum atomic E-state index is 13.4. The summed E-state index contributed by atoms with van der Waals surface area (Å²) in [6.07, 6.45) is 2.23. The van der Waals surface area contributed by atoms with Gasteiger partial charge in [0.15, 0.2) is 0 Å². The van der Waals surface area contributed by atoms with Crippen LogP contribution < -0.4 is 0 Å². The summed E-state index contributed by atoms with van der Waals surface area (Å²) in [6.45, 7) is 6.50. The Balaban J connectivity index is 2.60. The molecular weight excluding hydrogens is 175 g/mol. The van der Waals surface area contributed by atoms with Gasteiger partial charge in [-0.05, 0) is 29.9 Å². The highest BCUT2D eigenvalue weighted by molar-refractivity contribution is 5.20. The fourth-order valence-electron chi connectivity index (χ4n) is 1.61. The molecule has 0 aliphatic rings. The molecule has 1 aromatic carbocycles. The molecule has 0 amide bonds. The third-order valence-corrected chi connectivity index (χ3v) is 2.61. The predicted octanol–water partition coefficient (Wildman–Crippen LogP) is 4.37. The van der Waals surface area contributed by atoms with Gasteiger partial charge >= 0.3 is 0 Å². The summed E-state index contributed by atoms with van der Waals surface area (Å²) in [5, 5.41) is 0. The molecule has 1 unspecified atom stereocenters. The number of hydrogen-bond donors (Lipinski definition) is 0. The summed E-state index contributed by atoms with van der Waals surface area (Å²) in [6, 6.07) is 7.08. The van der Waals surface area contributed by atoms with E-state index in [1.165, 1.54) is 0 Å². The van der Waals surface area contributed by atoms with Crippen molar-refractivity contribution in [3.8, 4) is 0 Å². The SMILES string of the molecule is CC(C)CCC(C)c1ccccc1F. The molecule has 0 heterocycles. The monoisotopic (exact) mass is 194 g/mol. The lowest BCUT2D eigenvalue weighted by molar-refractivity contribution is 0.501. The van der Waals surface area contributed by atoms with E-state index in [4.69, 9.17) is 0 Å². The van der Waals surface area contributed by atoms with Crippen molar-refractivity contribution < 1.29 is 4.39 Å². The van der Waals surface area contributed by atoms with Gasteiger partial charge in [0.1, 0.15) is 5.82 Å². The van der Waals surface area contributed by atoms with E-state index in [0.717, 1.165) is 18.4 Å². The van der Waals surface area contributed by atoms with E-state index in [-0.39, 0.29) is 5.82 Å². The summed E-state index contributed by atoms with van der Waals surface area (Å²) in [5.41, 5.74) is 0.855. The summed E-state index contributed by atoms with van der Waals surface area (Å²) in [4.78, 5) is 0. The van der Waals surface area contributed by atoms with Crippen LogP contribution in [0.5, 0.6) is 0 Å². The van der Waals surface area contributed by atoms with E-state index in [1.54, 1.807) is 12.1 Å². The fraction of sp³-hybridized carbons (Fsp3) is 0.538. The Morgan fingerprint density at radius 1 is 1.07 bits per heavy atom. The van der Waals surface area contributed by atoms with Gasteiger partial charge in [0.2, 0.25) is 0 Å². The van der Waals surface area contributed by atoms with Crippen molar-refractivity contribution in [1.29, 1.82) is 0 Å². The predicted molar refractivity (Wildman–Crippen MR) is 58.9 cm³/mol. The molecule has 0 N–H and O–H groups in total. The molecule has 0 aliphatic heterocycles. The van der Waals surface area contributed by atoms with Crippen LogP contribution in [0.1, 0.15) is 45.1 Å². The standard InChI is InChI=1S/C13H19F/c1-10(2)8-9-11(3)12-6-4-5-7-13(12)14/h4-7,10-11H,8-9H2,1-3H3. The minimum Gasteiger partial charge on any atom is -0.207 e. The third-order valence-electron chi connectivity index (χ3n) is 2.61. The lowest BCUT2D eigenvalue weighted by atomic mass is 9.93. The van der Waals surface area contributed by atoms with Crippen molar-refractivity contribution in [3.63, 3.8) is 0 Å². The lowest BCUT2D eigenvalue weighted by Crippen LogP contribution is -1.99. The molecule has 0 saturated heterocycles. The van der Waals surface area contributed by atoms with E-state index in [9.17, 15) is 4.39 Å². The highest BCUT2D eigenvalue weighted by Gasteiger charge is 2.10. The Kier molecular flexibility index (Phi) is 4.12. The first-order valence-electron chi connectivity index (χ1n) is 5.35. The first kappa shape index (κ1) is 11.2. The second kappa shape index (κ2) is 5.14. The van der Waals surface area contributed by atoms with Gasteiger partial charge in [-0.15, -0.1) is 0 Å². The molecule has 0 spiro atoms. The summed E-state index contributed by atoms with van der Waals surface area (Å²) >= 11 is 0. The molecule has 0 bridgehead atoms. The van der Waals surface area contributed by atoms with Crippen LogP contribution in [0, 0.1) is 11.7 Å². The molecule has 14 heavy (non-hydrogen) atoms. The van der Waals surface area contributed by atoms with Crippen LogP contribution in [0.4, 0.5) is 4.39 Å². The van der Waals surface area contributed by atoms with E-state index < -0.39 is 0 Å². The number of benzene rings is 1. The molecule has 0 nitrogen and oxygen atoms in total. The molecule has 78 valence electrons. The van der Waals surface area contributed by atoms with Gasteiger partial charge < -0.3 is 0 Å². The van der Waals surface area contributed by atoms with Gasteiger partial charge in [-0.3, -0.25) is 0 Å². The molecule has 0 fully saturated rings. The Bertz CT molecular complexity index is 278. The van der Waals surface area contributed by atoms with Crippen LogP contribution in [-0.2, 0) is 0 Å². The first-order valence-corrected chi connectivity index (χ1v) is 5.35. The summed E-state index contributed by atoms with van der Waals surface area (Å²) < 4.78 is 13.4. The van der Waals surface area contributed by atoms with Crippen LogP contribution in [-0.4, -0.2) is 0 Å². The van der Waals surface area contributed by atoms with Crippen LogP contribution >= 0.6 is 0 Å². The first-order chi connectivity index (χ1) is 6.61. The van der Waals surface area contributed by atoms with Crippen molar-refractivity contribution >= 4 is 0 Å². The van der Waals surface area contributed by atoms with Crippen molar-refractivity contribution in [2.24, 2.45) is 5.92 Å². The zero-order valence-corrected chi connectivity index (χ0v) is 9.26.